The summed E-state index contributed by atoms with van der Waals surface area (Å²) in [4.78, 5) is 0. The summed E-state index contributed by atoms with van der Waals surface area (Å²) in [6.45, 7) is 6.77. The minimum absolute atomic E-state index is 0.351. The van der Waals surface area contributed by atoms with Gasteiger partial charge in [0, 0.05) is 13.0 Å². The fraction of sp³-hybridized carbons (Fsp3) is 0.385. The van der Waals surface area contributed by atoms with Crippen LogP contribution in [-0.4, -0.2) is 6.61 Å². The maximum absolute atomic E-state index is 5.70. The molecule has 0 radical (unpaired) electrons. The number of rotatable bonds is 4. The van der Waals surface area contributed by atoms with E-state index < -0.39 is 0 Å². The highest BCUT2D eigenvalue weighted by Crippen LogP contribution is 2.36. The molecule has 0 saturated carbocycles. The molecule has 0 N–H and O–H groups in total. The summed E-state index contributed by atoms with van der Waals surface area (Å²) in [6, 6.07) is 6.47. The third kappa shape index (κ3) is 1.60. The number of hydrogen-bond donors (Lipinski definition) is 0. The van der Waals surface area contributed by atoms with Crippen LogP contribution in [-0.2, 0) is 11.2 Å². The van der Waals surface area contributed by atoms with Crippen LogP contribution in [0.25, 0.3) is 6.08 Å². The van der Waals surface area contributed by atoms with Crippen LogP contribution >= 0.6 is 0 Å². The van der Waals surface area contributed by atoms with Crippen LogP contribution in [0.2, 0.25) is 0 Å². The molecule has 1 atom stereocenters. The Morgan fingerprint density at radius 1 is 1.57 bits per heavy atom. The molecule has 1 unspecified atom stereocenters. The minimum Gasteiger partial charge on any atom is -0.373 e. The Balaban J connectivity index is 2.07. The number of hydrogen-bond acceptors (Lipinski definition) is 1. The van der Waals surface area contributed by atoms with Gasteiger partial charge in [-0.1, -0.05) is 37.8 Å². The molecule has 1 aliphatic rings. The van der Waals surface area contributed by atoms with Crippen LogP contribution in [0.1, 0.15) is 36.1 Å². The minimum atomic E-state index is 0.351. The van der Waals surface area contributed by atoms with Crippen molar-refractivity contribution in [3.8, 4) is 0 Å². The Bertz CT molecular complexity index is 341. The SMILES string of the molecule is C=Cc1ccc2c(c1)CC2OCCC. The van der Waals surface area contributed by atoms with Crippen molar-refractivity contribution in [3.63, 3.8) is 0 Å². The summed E-state index contributed by atoms with van der Waals surface area (Å²) in [7, 11) is 0. The Morgan fingerprint density at radius 2 is 2.43 bits per heavy atom. The van der Waals surface area contributed by atoms with Crippen LogP contribution in [0.15, 0.2) is 24.8 Å². The second-order valence-electron chi connectivity index (χ2n) is 3.73. The molecule has 1 heteroatoms. The van der Waals surface area contributed by atoms with E-state index in [0.29, 0.717) is 6.10 Å². The fourth-order valence-electron chi connectivity index (χ4n) is 1.83. The van der Waals surface area contributed by atoms with E-state index >= 15 is 0 Å². The van der Waals surface area contributed by atoms with E-state index in [-0.39, 0.29) is 0 Å². The highest BCUT2D eigenvalue weighted by molar-refractivity contribution is 5.52. The van der Waals surface area contributed by atoms with Crippen LogP contribution < -0.4 is 0 Å². The molecule has 1 aromatic rings. The zero-order chi connectivity index (χ0) is 9.97. The van der Waals surface area contributed by atoms with Gasteiger partial charge in [0.15, 0.2) is 0 Å². The first kappa shape index (κ1) is 9.47. The smallest absolute Gasteiger partial charge is 0.0868 e. The van der Waals surface area contributed by atoms with Gasteiger partial charge in [0.1, 0.15) is 0 Å². The standard InChI is InChI=1S/C13H16O/c1-3-7-14-13-9-11-8-10(4-2)5-6-12(11)13/h4-6,8,13H,2-3,7,9H2,1H3. The van der Waals surface area contributed by atoms with Gasteiger partial charge in [-0.15, -0.1) is 0 Å². The highest BCUT2D eigenvalue weighted by atomic mass is 16.5. The number of fused-ring (bicyclic) bond motifs is 1. The molecule has 1 aliphatic carbocycles. The average molecular weight is 188 g/mol. The topological polar surface area (TPSA) is 9.23 Å². The molecule has 0 heterocycles. The van der Waals surface area contributed by atoms with Crippen LogP contribution in [0.4, 0.5) is 0 Å². The molecule has 0 fully saturated rings. The third-order valence-electron chi connectivity index (χ3n) is 2.68. The first-order valence-electron chi connectivity index (χ1n) is 5.22. The molecule has 2 rings (SSSR count). The number of benzene rings is 1. The highest BCUT2D eigenvalue weighted by Gasteiger charge is 2.26. The molecule has 0 spiro atoms. The molecule has 0 aliphatic heterocycles. The van der Waals surface area contributed by atoms with Crippen molar-refractivity contribution >= 4 is 6.08 Å². The van der Waals surface area contributed by atoms with Crippen LogP contribution in [0.5, 0.6) is 0 Å². The van der Waals surface area contributed by atoms with Crippen molar-refractivity contribution in [1.29, 1.82) is 0 Å². The number of ether oxygens (including phenoxy) is 1. The Hall–Kier alpha value is -1.08. The van der Waals surface area contributed by atoms with Gasteiger partial charge in [0.25, 0.3) is 0 Å². The van der Waals surface area contributed by atoms with Crippen molar-refractivity contribution in [1.82, 2.24) is 0 Å². The normalized spacial score (nSPS) is 18.5. The molecule has 0 aromatic heterocycles. The van der Waals surface area contributed by atoms with Crippen molar-refractivity contribution < 1.29 is 4.74 Å². The summed E-state index contributed by atoms with van der Waals surface area (Å²) in [5.74, 6) is 0. The summed E-state index contributed by atoms with van der Waals surface area (Å²) < 4.78 is 5.70. The van der Waals surface area contributed by atoms with Crippen LogP contribution in [0, 0.1) is 0 Å². The van der Waals surface area contributed by atoms with Crippen LogP contribution in [0.3, 0.4) is 0 Å². The summed E-state index contributed by atoms with van der Waals surface area (Å²) in [5.41, 5.74) is 3.99. The zero-order valence-electron chi connectivity index (χ0n) is 8.62. The van der Waals surface area contributed by atoms with Gasteiger partial charge in [0.2, 0.25) is 0 Å². The predicted molar refractivity (Wildman–Crippen MR) is 59.2 cm³/mol. The molecule has 14 heavy (non-hydrogen) atoms. The Labute approximate surface area is 85.4 Å². The van der Waals surface area contributed by atoms with E-state index in [9.17, 15) is 0 Å². The summed E-state index contributed by atoms with van der Waals surface area (Å²) >= 11 is 0. The van der Waals surface area contributed by atoms with Crippen molar-refractivity contribution in [3.05, 3.63) is 41.5 Å². The van der Waals surface area contributed by atoms with Gasteiger partial charge >= 0.3 is 0 Å². The first-order valence-corrected chi connectivity index (χ1v) is 5.22. The van der Waals surface area contributed by atoms with E-state index in [2.05, 4.69) is 31.7 Å². The van der Waals surface area contributed by atoms with E-state index in [1.54, 1.807) is 0 Å². The van der Waals surface area contributed by atoms with Gasteiger partial charge in [-0.2, -0.15) is 0 Å². The van der Waals surface area contributed by atoms with Crippen molar-refractivity contribution in [2.24, 2.45) is 0 Å². The van der Waals surface area contributed by atoms with E-state index in [0.717, 1.165) is 19.4 Å². The fourth-order valence-corrected chi connectivity index (χ4v) is 1.83. The van der Waals surface area contributed by atoms with Crippen molar-refractivity contribution in [2.75, 3.05) is 6.61 Å². The lowest BCUT2D eigenvalue weighted by atomic mass is 9.84. The summed E-state index contributed by atoms with van der Waals surface area (Å²) in [6.07, 6.45) is 4.40. The van der Waals surface area contributed by atoms with Gasteiger partial charge in [-0.05, 0) is 23.1 Å². The third-order valence-corrected chi connectivity index (χ3v) is 2.68. The van der Waals surface area contributed by atoms with Crippen molar-refractivity contribution in [2.45, 2.75) is 25.9 Å². The van der Waals surface area contributed by atoms with Gasteiger partial charge in [0.05, 0.1) is 6.10 Å². The second-order valence-corrected chi connectivity index (χ2v) is 3.73. The van der Waals surface area contributed by atoms with Gasteiger partial charge in [-0.3, -0.25) is 0 Å². The van der Waals surface area contributed by atoms with E-state index in [4.69, 9.17) is 4.74 Å². The Kier molecular flexibility index (Phi) is 2.69. The molecule has 74 valence electrons. The lowest BCUT2D eigenvalue weighted by Crippen LogP contribution is -2.20. The molecular formula is C13H16O. The zero-order valence-corrected chi connectivity index (χ0v) is 8.62. The lowest BCUT2D eigenvalue weighted by molar-refractivity contribution is 0.0374. The lowest BCUT2D eigenvalue weighted by Gasteiger charge is -2.30. The molecule has 0 amide bonds. The molecule has 1 nitrogen and oxygen atoms in total. The Morgan fingerprint density at radius 3 is 3.07 bits per heavy atom. The molecule has 1 aromatic carbocycles. The first-order chi connectivity index (χ1) is 6.85. The average Bonchev–Trinajstić information content (AvgIpc) is 2.19. The van der Waals surface area contributed by atoms with Gasteiger partial charge in [-0.25, -0.2) is 0 Å². The molecule has 0 bridgehead atoms. The maximum atomic E-state index is 5.70. The summed E-state index contributed by atoms with van der Waals surface area (Å²) in [5, 5.41) is 0. The quantitative estimate of drug-likeness (QED) is 0.704. The largest absolute Gasteiger partial charge is 0.373 e. The molecular weight excluding hydrogens is 172 g/mol. The van der Waals surface area contributed by atoms with E-state index in [1.165, 1.54) is 16.7 Å². The van der Waals surface area contributed by atoms with E-state index in [1.807, 2.05) is 6.08 Å². The monoisotopic (exact) mass is 188 g/mol. The predicted octanol–water partition coefficient (Wildman–Crippen LogP) is 3.35. The molecule has 0 saturated heterocycles. The maximum Gasteiger partial charge on any atom is 0.0868 e. The second kappa shape index (κ2) is 3.97. The van der Waals surface area contributed by atoms with Gasteiger partial charge < -0.3 is 4.74 Å².